The number of benzene rings is 2. The molecule has 8 heteroatoms. The zero-order valence-corrected chi connectivity index (χ0v) is 16.7. The van der Waals surface area contributed by atoms with Crippen molar-refractivity contribution < 1.29 is 23.7 Å². The van der Waals surface area contributed by atoms with Gasteiger partial charge in [-0.15, -0.1) is 0 Å². The van der Waals surface area contributed by atoms with Crippen LogP contribution in [0.5, 0.6) is 23.0 Å². The SMILES string of the molecule is C[C@H](NC(=O)Cn1cnc2cc3c(cc21)OCCO3)c1ccc2c(c1)OCCCO2. The Kier molecular flexibility index (Phi) is 4.82. The van der Waals surface area contributed by atoms with E-state index in [4.69, 9.17) is 18.9 Å². The molecule has 1 amide bonds. The molecule has 2 aliphatic heterocycles. The van der Waals surface area contributed by atoms with Gasteiger partial charge in [0.05, 0.1) is 36.6 Å². The third kappa shape index (κ3) is 3.60. The summed E-state index contributed by atoms with van der Waals surface area (Å²) in [7, 11) is 0. The fourth-order valence-electron chi connectivity index (χ4n) is 3.70. The molecular formula is C22H23N3O5. The van der Waals surface area contributed by atoms with Crippen LogP contribution in [-0.4, -0.2) is 41.9 Å². The summed E-state index contributed by atoms with van der Waals surface area (Å²) >= 11 is 0. The quantitative estimate of drug-likeness (QED) is 0.713. The third-order valence-corrected chi connectivity index (χ3v) is 5.25. The highest BCUT2D eigenvalue weighted by molar-refractivity contribution is 5.83. The third-order valence-electron chi connectivity index (χ3n) is 5.25. The molecule has 0 saturated heterocycles. The first-order valence-corrected chi connectivity index (χ1v) is 10.1. The molecule has 0 unspecified atom stereocenters. The highest BCUT2D eigenvalue weighted by Gasteiger charge is 2.18. The van der Waals surface area contributed by atoms with Gasteiger partial charge in [-0.3, -0.25) is 4.79 Å². The zero-order valence-electron chi connectivity index (χ0n) is 16.7. The number of aromatic nitrogens is 2. The number of hydrogen-bond acceptors (Lipinski definition) is 6. The van der Waals surface area contributed by atoms with Gasteiger partial charge in [0.15, 0.2) is 23.0 Å². The number of fused-ring (bicyclic) bond motifs is 3. The Balaban J connectivity index is 1.29. The first kappa shape index (κ1) is 18.6. The Morgan fingerprint density at radius 3 is 2.53 bits per heavy atom. The first-order chi connectivity index (χ1) is 14.7. The first-order valence-electron chi connectivity index (χ1n) is 10.1. The van der Waals surface area contributed by atoms with Crippen LogP contribution in [0.15, 0.2) is 36.7 Å². The fourth-order valence-corrected chi connectivity index (χ4v) is 3.70. The van der Waals surface area contributed by atoms with Crippen molar-refractivity contribution in [2.75, 3.05) is 26.4 Å². The van der Waals surface area contributed by atoms with Crippen LogP contribution in [0.2, 0.25) is 0 Å². The minimum atomic E-state index is -0.172. The number of imidazole rings is 1. The fraction of sp³-hybridized carbons (Fsp3) is 0.364. The maximum absolute atomic E-state index is 12.7. The second-order valence-corrected chi connectivity index (χ2v) is 7.40. The van der Waals surface area contributed by atoms with Crippen LogP contribution in [0.25, 0.3) is 11.0 Å². The predicted molar refractivity (Wildman–Crippen MR) is 109 cm³/mol. The summed E-state index contributed by atoms with van der Waals surface area (Å²) < 4.78 is 24.5. The Hall–Kier alpha value is -3.42. The number of nitrogens with zero attached hydrogens (tertiary/aromatic N) is 2. The zero-order chi connectivity index (χ0) is 20.5. The van der Waals surface area contributed by atoms with Crippen molar-refractivity contribution in [1.82, 2.24) is 14.9 Å². The maximum atomic E-state index is 12.7. The summed E-state index contributed by atoms with van der Waals surface area (Å²) in [6.45, 7) is 4.43. The molecule has 0 spiro atoms. The van der Waals surface area contributed by atoms with Crippen LogP contribution in [0.4, 0.5) is 0 Å². The number of hydrogen-bond donors (Lipinski definition) is 1. The average Bonchev–Trinajstić information content (AvgIpc) is 2.98. The van der Waals surface area contributed by atoms with Crippen molar-refractivity contribution in [2.24, 2.45) is 0 Å². The molecule has 2 aliphatic rings. The molecule has 0 saturated carbocycles. The van der Waals surface area contributed by atoms with Gasteiger partial charge in [-0.2, -0.15) is 0 Å². The highest BCUT2D eigenvalue weighted by Crippen LogP contribution is 2.34. The van der Waals surface area contributed by atoms with E-state index < -0.39 is 0 Å². The molecule has 5 rings (SSSR count). The largest absolute Gasteiger partial charge is 0.490 e. The molecule has 8 nitrogen and oxygen atoms in total. The summed E-state index contributed by atoms with van der Waals surface area (Å²) in [4.78, 5) is 17.1. The van der Waals surface area contributed by atoms with Gasteiger partial charge < -0.3 is 28.8 Å². The Bertz CT molecular complexity index is 1090. The van der Waals surface area contributed by atoms with Crippen molar-refractivity contribution in [2.45, 2.75) is 25.9 Å². The van der Waals surface area contributed by atoms with Crippen molar-refractivity contribution in [3.63, 3.8) is 0 Å². The number of ether oxygens (including phenoxy) is 4. The maximum Gasteiger partial charge on any atom is 0.240 e. The minimum absolute atomic E-state index is 0.108. The van der Waals surface area contributed by atoms with Crippen LogP contribution >= 0.6 is 0 Å². The lowest BCUT2D eigenvalue weighted by molar-refractivity contribution is -0.122. The smallest absolute Gasteiger partial charge is 0.240 e. The molecule has 0 bridgehead atoms. The molecule has 0 fully saturated rings. The van der Waals surface area contributed by atoms with E-state index >= 15 is 0 Å². The monoisotopic (exact) mass is 409 g/mol. The predicted octanol–water partition coefficient (Wildman–Crippen LogP) is 2.85. The van der Waals surface area contributed by atoms with Gasteiger partial charge in [-0.25, -0.2) is 4.98 Å². The molecule has 156 valence electrons. The van der Waals surface area contributed by atoms with E-state index in [0.29, 0.717) is 37.9 Å². The van der Waals surface area contributed by atoms with Gasteiger partial charge in [0.1, 0.15) is 19.8 Å². The van der Waals surface area contributed by atoms with E-state index in [1.165, 1.54) is 0 Å². The van der Waals surface area contributed by atoms with Crippen LogP contribution in [0, 0.1) is 0 Å². The molecule has 2 aromatic carbocycles. The molecule has 3 aromatic rings. The van der Waals surface area contributed by atoms with Gasteiger partial charge in [0.25, 0.3) is 0 Å². The van der Waals surface area contributed by atoms with E-state index in [-0.39, 0.29) is 18.5 Å². The summed E-state index contributed by atoms with van der Waals surface area (Å²) in [5.74, 6) is 2.72. The van der Waals surface area contributed by atoms with E-state index in [0.717, 1.165) is 34.5 Å². The molecule has 0 radical (unpaired) electrons. The average molecular weight is 409 g/mol. The number of amides is 1. The van der Waals surface area contributed by atoms with Gasteiger partial charge in [0.2, 0.25) is 5.91 Å². The van der Waals surface area contributed by atoms with Gasteiger partial charge in [-0.05, 0) is 24.6 Å². The molecule has 0 aliphatic carbocycles. The van der Waals surface area contributed by atoms with Gasteiger partial charge >= 0.3 is 0 Å². The molecule has 1 atom stereocenters. The van der Waals surface area contributed by atoms with Crippen molar-refractivity contribution in [1.29, 1.82) is 0 Å². The number of carbonyl (C=O) groups excluding carboxylic acids is 1. The number of rotatable bonds is 4. The van der Waals surface area contributed by atoms with Gasteiger partial charge in [-0.1, -0.05) is 6.07 Å². The van der Waals surface area contributed by atoms with Crippen LogP contribution in [-0.2, 0) is 11.3 Å². The Morgan fingerprint density at radius 2 is 1.70 bits per heavy atom. The highest BCUT2D eigenvalue weighted by atomic mass is 16.6. The van der Waals surface area contributed by atoms with Crippen LogP contribution in [0.3, 0.4) is 0 Å². The molecule has 3 heterocycles. The van der Waals surface area contributed by atoms with E-state index in [9.17, 15) is 4.79 Å². The summed E-state index contributed by atoms with van der Waals surface area (Å²) in [5, 5.41) is 3.04. The normalized spacial score (nSPS) is 16.0. The standard InChI is InChI=1S/C22H23N3O5/c1-14(15-3-4-18-19(9-15)28-6-2-5-27-18)24-22(26)12-25-13-23-16-10-20-21(11-17(16)25)30-8-7-29-20/h3-4,9-11,13-14H,2,5-8,12H2,1H3,(H,24,26)/t14-/m0/s1. The van der Waals surface area contributed by atoms with E-state index in [1.807, 2.05) is 41.8 Å². The summed E-state index contributed by atoms with van der Waals surface area (Å²) in [6.07, 6.45) is 2.52. The minimum Gasteiger partial charge on any atom is -0.490 e. The lowest BCUT2D eigenvalue weighted by atomic mass is 10.1. The number of carbonyl (C=O) groups is 1. The Morgan fingerprint density at radius 1 is 1.00 bits per heavy atom. The summed E-state index contributed by atoms with van der Waals surface area (Å²) in [6, 6.07) is 9.33. The molecule has 1 N–H and O–H groups in total. The Labute approximate surface area is 173 Å². The van der Waals surface area contributed by atoms with E-state index in [2.05, 4.69) is 10.3 Å². The van der Waals surface area contributed by atoms with Gasteiger partial charge in [0, 0.05) is 18.6 Å². The van der Waals surface area contributed by atoms with Crippen molar-refractivity contribution in [3.05, 3.63) is 42.2 Å². The number of nitrogens with one attached hydrogen (secondary N) is 1. The lowest BCUT2D eigenvalue weighted by Gasteiger charge is -2.18. The molecule has 1 aromatic heterocycles. The second kappa shape index (κ2) is 7.78. The molecule has 30 heavy (non-hydrogen) atoms. The summed E-state index contributed by atoms with van der Waals surface area (Å²) in [5.41, 5.74) is 2.56. The lowest BCUT2D eigenvalue weighted by Crippen LogP contribution is -2.30. The van der Waals surface area contributed by atoms with Crippen molar-refractivity contribution in [3.8, 4) is 23.0 Å². The van der Waals surface area contributed by atoms with Crippen LogP contribution < -0.4 is 24.3 Å². The van der Waals surface area contributed by atoms with Crippen molar-refractivity contribution >= 4 is 16.9 Å². The molecular weight excluding hydrogens is 386 g/mol. The topological polar surface area (TPSA) is 83.8 Å². The van der Waals surface area contributed by atoms with Crippen LogP contribution in [0.1, 0.15) is 24.9 Å². The second-order valence-electron chi connectivity index (χ2n) is 7.40. The van der Waals surface area contributed by atoms with E-state index in [1.54, 1.807) is 6.33 Å².